The van der Waals surface area contributed by atoms with Gasteiger partial charge in [0.25, 0.3) is 0 Å². The van der Waals surface area contributed by atoms with Gasteiger partial charge in [0.05, 0.1) is 6.10 Å². The molecule has 0 aliphatic heterocycles. The molecule has 0 saturated carbocycles. The maximum absolute atomic E-state index is 9.52. The van der Waals surface area contributed by atoms with E-state index >= 15 is 0 Å². The van der Waals surface area contributed by atoms with Crippen LogP contribution < -0.4 is 0 Å². The van der Waals surface area contributed by atoms with Crippen molar-refractivity contribution >= 4 is 0 Å². The summed E-state index contributed by atoms with van der Waals surface area (Å²) in [6.07, 6.45) is 11.4. The molecule has 2 rings (SSSR count). The van der Waals surface area contributed by atoms with Crippen molar-refractivity contribution in [2.24, 2.45) is 0 Å². The Kier molecular flexibility index (Phi) is 3.07. The average Bonchev–Trinajstić information content (AvgIpc) is 2.23. The SMILES string of the molecule is OC1=C=CCCC1OC1C=CCCC1. The van der Waals surface area contributed by atoms with Gasteiger partial charge in [0.15, 0.2) is 5.76 Å². The minimum atomic E-state index is -0.132. The molecule has 2 atom stereocenters. The quantitative estimate of drug-likeness (QED) is 0.538. The Morgan fingerprint density at radius 2 is 2.29 bits per heavy atom. The molecule has 2 heteroatoms. The molecule has 2 unspecified atom stereocenters. The number of aliphatic hydroxyl groups is 1. The van der Waals surface area contributed by atoms with Crippen LogP contribution in [0.5, 0.6) is 0 Å². The van der Waals surface area contributed by atoms with Crippen LogP contribution in [-0.2, 0) is 4.74 Å². The van der Waals surface area contributed by atoms with Gasteiger partial charge in [-0.05, 0) is 38.2 Å². The van der Waals surface area contributed by atoms with E-state index in [9.17, 15) is 5.11 Å². The molecule has 0 radical (unpaired) electrons. The first-order valence-electron chi connectivity index (χ1n) is 5.32. The van der Waals surface area contributed by atoms with E-state index in [0.717, 1.165) is 25.7 Å². The van der Waals surface area contributed by atoms with Gasteiger partial charge in [-0.1, -0.05) is 17.9 Å². The molecule has 2 aliphatic rings. The third kappa shape index (κ3) is 2.28. The lowest BCUT2D eigenvalue weighted by molar-refractivity contribution is 0.000746. The van der Waals surface area contributed by atoms with Crippen LogP contribution in [0.15, 0.2) is 29.7 Å². The van der Waals surface area contributed by atoms with Crippen molar-refractivity contribution in [1.29, 1.82) is 0 Å². The summed E-state index contributed by atoms with van der Waals surface area (Å²) in [4.78, 5) is 0. The second-order valence-electron chi connectivity index (χ2n) is 3.83. The van der Waals surface area contributed by atoms with Crippen molar-refractivity contribution < 1.29 is 9.84 Å². The second kappa shape index (κ2) is 4.50. The van der Waals surface area contributed by atoms with E-state index < -0.39 is 0 Å². The summed E-state index contributed by atoms with van der Waals surface area (Å²) < 4.78 is 5.79. The van der Waals surface area contributed by atoms with Crippen molar-refractivity contribution in [3.05, 3.63) is 29.7 Å². The van der Waals surface area contributed by atoms with E-state index in [1.165, 1.54) is 6.42 Å². The largest absolute Gasteiger partial charge is 0.502 e. The van der Waals surface area contributed by atoms with Crippen LogP contribution in [0.4, 0.5) is 0 Å². The Hall–Kier alpha value is -0.980. The molecule has 0 heterocycles. The van der Waals surface area contributed by atoms with Crippen molar-refractivity contribution in [3.8, 4) is 0 Å². The first-order chi connectivity index (χ1) is 6.86. The molecule has 0 aromatic carbocycles. The standard InChI is InChI=1S/C12H16O2/c13-11-8-4-5-9-12(11)14-10-6-2-1-3-7-10/h2,4,6,10,12-13H,1,3,5,7,9H2. The van der Waals surface area contributed by atoms with Gasteiger partial charge in [0.1, 0.15) is 6.10 Å². The van der Waals surface area contributed by atoms with Gasteiger partial charge in [-0.15, -0.1) is 0 Å². The Balaban J connectivity index is 1.93. The van der Waals surface area contributed by atoms with Gasteiger partial charge in [-0.2, -0.15) is 0 Å². The fraction of sp³-hybridized carbons (Fsp3) is 0.583. The van der Waals surface area contributed by atoms with Gasteiger partial charge in [0, 0.05) is 0 Å². The van der Waals surface area contributed by atoms with Gasteiger partial charge in [0.2, 0.25) is 0 Å². The molecule has 0 fully saturated rings. The number of ether oxygens (including phenoxy) is 1. The topological polar surface area (TPSA) is 29.5 Å². The Bertz CT molecular complexity index is 285. The number of rotatable bonds is 2. The molecular formula is C12H16O2. The van der Waals surface area contributed by atoms with Crippen LogP contribution in [0.3, 0.4) is 0 Å². The normalized spacial score (nSPS) is 31.6. The summed E-state index contributed by atoms with van der Waals surface area (Å²) in [6, 6.07) is 0. The zero-order chi connectivity index (χ0) is 9.80. The number of allylic oxidation sites excluding steroid dienone is 1. The number of hydrogen-bond acceptors (Lipinski definition) is 2. The summed E-state index contributed by atoms with van der Waals surface area (Å²) >= 11 is 0. The minimum absolute atomic E-state index is 0.132. The zero-order valence-electron chi connectivity index (χ0n) is 8.28. The summed E-state index contributed by atoms with van der Waals surface area (Å²) in [6.45, 7) is 0. The molecule has 2 nitrogen and oxygen atoms in total. The first kappa shape index (κ1) is 9.57. The van der Waals surface area contributed by atoms with Crippen molar-refractivity contribution in [1.82, 2.24) is 0 Å². The Morgan fingerprint density at radius 1 is 1.36 bits per heavy atom. The molecule has 76 valence electrons. The lowest BCUT2D eigenvalue weighted by Crippen LogP contribution is -2.24. The highest BCUT2D eigenvalue weighted by Crippen LogP contribution is 2.21. The summed E-state index contributed by atoms with van der Waals surface area (Å²) in [7, 11) is 0. The fourth-order valence-corrected chi connectivity index (χ4v) is 1.88. The zero-order valence-corrected chi connectivity index (χ0v) is 8.28. The highest BCUT2D eigenvalue weighted by atomic mass is 16.5. The molecule has 2 aliphatic carbocycles. The predicted molar refractivity (Wildman–Crippen MR) is 55.1 cm³/mol. The molecule has 0 bridgehead atoms. The third-order valence-electron chi connectivity index (χ3n) is 2.68. The molecule has 0 aromatic rings. The average molecular weight is 192 g/mol. The lowest BCUT2D eigenvalue weighted by Gasteiger charge is -2.24. The van der Waals surface area contributed by atoms with Crippen LogP contribution in [0.25, 0.3) is 0 Å². The Morgan fingerprint density at radius 3 is 3.00 bits per heavy atom. The molecule has 14 heavy (non-hydrogen) atoms. The molecule has 0 amide bonds. The van der Waals surface area contributed by atoms with Crippen molar-refractivity contribution in [3.63, 3.8) is 0 Å². The van der Waals surface area contributed by atoms with Gasteiger partial charge < -0.3 is 9.84 Å². The van der Waals surface area contributed by atoms with E-state index in [1.807, 2.05) is 6.08 Å². The lowest BCUT2D eigenvalue weighted by atomic mass is 10.0. The second-order valence-corrected chi connectivity index (χ2v) is 3.83. The number of hydrogen-bond donors (Lipinski definition) is 1. The summed E-state index contributed by atoms with van der Waals surface area (Å²) in [5, 5.41) is 9.52. The van der Waals surface area contributed by atoms with E-state index in [0.29, 0.717) is 0 Å². The molecule has 0 spiro atoms. The molecule has 0 aromatic heterocycles. The van der Waals surface area contributed by atoms with Gasteiger partial charge in [-0.3, -0.25) is 0 Å². The maximum Gasteiger partial charge on any atom is 0.164 e. The summed E-state index contributed by atoms with van der Waals surface area (Å²) in [5.74, 6) is 0.259. The van der Waals surface area contributed by atoms with Crippen LogP contribution in [0.2, 0.25) is 0 Å². The number of aliphatic hydroxyl groups excluding tert-OH is 1. The van der Waals surface area contributed by atoms with E-state index in [1.54, 1.807) is 0 Å². The van der Waals surface area contributed by atoms with Crippen LogP contribution >= 0.6 is 0 Å². The highest BCUT2D eigenvalue weighted by molar-refractivity contribution is 5.05. The van der Waals surface area contributed by atoms with Crippen molar-refractivity contribution in [2.45, 2.75) is 44.3 Å². The van der Waals surface area contributed by atoms with Gasteiger partial charge >= 0.3 is 0 Å². The molecular weight excluding hydrogens is 176 g/mol. The minimum Gasteiger partial charge on any atom is -0.502 e. The van der Waals surface area contributed by atoms with Gasteiger partial charge in [-0.25, -0.2) is 0 Å². The van der Waals surface area contributed by atoms with Crippen LogP contribution in [0, 0.1) is 0 Å². The van der Waals surface area contributed by atoms with Crippen LogP contribution in [0.1, 0.15) is 32.1 Å². The first-order valence-corrected chi connectivity index (χ1v) is 5.32. The van der Waals surface area contributed by atoms with E-state index in [-0.39, 0.29) is 18.0 Å². The third-order valence-corrected chi connectivity index (χ3v) is 2.68. The molecule has 1 N–H and O–H groups in total. The molecule has 0 saturated heterocycles. The summed E-state index contributed by atoms with van der Waals surface area (Å²) in [5.41, 5.74) is 2.82. The highest BCUT2D eigenvalue weighted by Gasteiger charge is 2.20. The fourth-order valence-electron chi connectivity index (χ4n) is 1.88. The van der Waals surface area contributed by atoms with Crippen molar-refractivity contribution in [2.75, 3.05) is 0 Å². The maximum atomic E-state index is 9.52. The van der Waals surface area contributed by atoms with E-state index in [2.05, 4.69) is 17.9 Å². The van der Waals surface area contributed by atoms with Crippen LogP contribution in [-0.4, -0.2) is 17.3 Å². The Labute approximate surface area is 84.6 Å². The van der Waals surface area contributed by atoms with E-state index in [4.69, 9.17) is 4.74 Å². The smallest absolute Gasteiger partial charge is 0.164 e. The monoisotopic (exact) mass is 192 g/mol. The predicted octanol–water partition coefficient (Wildman–Crippen LogP) is 2.87.